The van der Waals surface area contributed by atoms with Crippen LogP contribution < -0.4 is 10.5 Å². The van der Waals surface area contributed by atoms with E-state index in [1.54, 1.807) is 6.20 Å². The number of pyridine rings is 1. The van der Waals surface area contributed by atoms with E-state index in [0.29, 0.717) is 13.2 Å². The van der Waals surface area contributed by atoms with Crippen molar-refractivity contribution >= 4 is 15.9 Å². The van der Waals surface area contributed by atoms with E-state index in [2.05, 4.69) is 20.9 Å². The maximum absolute atomic E-state index is 5.75. The molecule has 0 saturated carbocycles. The Balaban J connectivity index is 2.08. The van der Waals surface area contributed by atoms with Crippen molar-refractivity contribution in [2.45, 2.75) is 20.1 Å². The lowest BCUT2D eigenvalue weighted by atomic mass is 10.1. The molecule has 1 heterocycles. The van der Waals surface area contributed by atoms with Crippen LogP contribution in [0.3, 0.4) is 0 Å². The van der Waals surface area contributed by atoms with Gasteiger partial charge in [0.1, 0.15) is 12.4 Å². The van der Waals surface area contributed by atoms with E-state index in [1.165, 1.54) is 5.56 Å². The SMILES string of the molecule is Cc1ccc(OCc2ccc(Br)cn2)c(CN)c1. The maximum atomic E-state index is 5.75. The summed E-state index contributed by atoms with van der Waals surface area (Å²) in [6, 6.07) is 9.90. The molecule has 0 spiro atoms. The quantitative estimate of drug-likeness (QED) is 0.943. The molecule has 0 atom stereocenters. The highest BCUT2D eigenvalue weighted by molar-refractivity contribution is 9.10. The van der Waals surface area contributed by atoms with Gasteiger partial charge in [-0.25, -0.2) is 0 Å². The molecule has 3 nitrogen and oxygen atoms in total. The Morgan fingerprint density at radius 3 is 2.78 bits per heavy atom. The third-order valence-electron chi connectivity index (χ3n) is 2.60. The van der Waals surface area contributed by atoms with Crippen LogP contribution in [0.2, 0.25) is 0 Å². The molecule has 2 N–H and O–H groups in total. The summed E-state index contributed by atoms with van der Waals surface area (Å²) in [6.07, 6.45) is 1.76. The first-order chi connectivity index (χ1) is 8.69. The largest absolute Gasteiger partial charge is 0.487 e. The van der Waals surface area contributed by atoms with Gasteiger partial charge in [0.15, 0.2) is 0 Å². The average molecular weight is 307 g/mol. The van der Waals surface area contributed by atoms with Crippen molar-refractivity contribution in [2.24, 2.45) is 5.73 Å². The highest BCUT2D eigenvalue weighted by Crippen LogP contribution is 2.20. The molecule has 1 aromatic heterocycles. The second-order valence-electron chi connectivity index (χ2n) is 4.07. The molecule has 0 aliphatic heterocycles. The summed E-state index contributed by atoms with van der Waals surface area (Å²) < 4.78 is 6.71. The van der Waals surface area contributed by atoms with Gasteiger partial charge in [-0.15, -0.1) is 0 Å². The lowest BCUT2D eigenvalue weighted by Crippen LogP contribution is -2.04. The first-order valence-corrected chi connectivity index (χ1v) is 6.51. The highest BCUT2D eigenvalue weighted by Gasteiger charge is 2.03. The fraction of sp³-hybridized carbons (Fsp3) is 0.214. The first kappa shape index (κ1) is 13.1. The van der Waals surface area contributed by atoms with Gasteiger partial charge in [-0.05, 0) is 41.1 Å². The molecule has 0 saturated heterocycles. The molecular weight excluding hydrogens is 292 g/mol. The van der Waals surface area contributed by atoms with E-state index in [4.69, 9.17) is 10.5 Å². The third-order valence-corrected chi connectivity index (χ3v) is 3.07. The van der Waals surface area contributed by atoms with Crippen LogP contribution in [0, 0.1) is 6.92 Å². The smallest absolute Gasteiger partial charge is 0.130 e. The van der Waals surface area contributed by atoms with Gasteiger partial charge in [0.25, 0.3) is 0 Å². The molecule has 0 bridgehead atoms. The van der Waals surface area contributed by atoms with Gasteiger partial charge in [0.2, 0.25) is 0 Å². The molecular formula is C14H15BrN2O. The number of nitrogens with zero attached hydrogens (tertiary/aromatic N) is 1. The zero-order chi connectivity index (χ0) is 13.0. The Morgan fingerprint density at radius 2 is 2.11 bits per heavy atom. The number of benzene rings is 1. The summed E-state index contributed by atoms with van der Waals surface area (Å²) in [5, 5.41) is 0. The fourth-order valence-electron chi connectivity index (χ4n) is 1.65. The molecule has 0 aliphatic rings. The zero-order valence-corrected chi connectivity index (χ0v) is 11.8. The van der Waals surface area contributed by atoms with Crippen molar-refractivity contribution in [1.29, 1.82) is 0 Å². The third kappa shape index (κ3) is 3.31. The zero-order valence-electron chi connectivity index (χ0n) is 10.2. The van der Waals surface area contributed by atoms with Gasteiger partial charge in [-0.1, -0.05) is 17.7 Å². The van der Waals surface area contributed by atoms with Crippen LogP contribution in [0.4, 0.5) is 0 Å². The van der Waals surface area contributed by atoms with Gasteiger partial charge in [-0.3, -0.25) is 4.98 Å². The predicted molar refractivity (Wildman–Crippen MR) is 75.3 cm³/mol. The number of rotatable bonds is 4. The number of nitrogens with two attached hydrogens (primary N) is 1. The second kappa shape index (κ2) is 5.98. The summed E-state index contributed by atoms with van der Waals surface area (Å²) in [7, 11) is 0. The average Bonchev–Trinajstić information content (AvgIpc) is 2.39. The lowest BCUT2D eigenvalue weighted by molar-refractivity contribution is 0.298. The van der Waals surface area contributed by atoms with E-state index < -0.39 is 0 Å². The van der Waals surface area contributed by atoms with Gasteiger partial charge >= 0.3 is 0 Å². The van der Waals surface area contributed by atoms with Crippen LogP contribution in [-0.2, 0) is 13.2 Å². The molecule has 2 rings (SSSR count). The van der Waals surface area contributed by atoms with Crippen molar-refractivity contribution in [3.63, 3.8) is 0 Å². The first-order valence-electron chi connectivity index (χ1n) is 5.72. The summed E-state index contributed by atoms with van der Waals surface area (Å²) >= 11 is 3.35. The van der Waals surface area contributed by atoms with E-state index in [1.807, 2.05) is 37.3 Å². The fourth-order valence-corrected chi connectivity index (χ4v) is 1.89. The molecule has 4 heteroatoms. The van der Waals surface area contributed by atoms with E-state index in [9.17, 15) is 0 Å². The molecule has 0 radical (unpaired) electrons. The van der Waals surface area contributed by atoms with Gasteiger partial charge in [0.05, 0.1) is 5.69 Å². The standard InChI is InChI=1S/C14H15BrN2O/c1-10-2-5-14(11(6-10)7-16)18-9-13-4-3-12(15)8-17-13/h2-6,8H,7,9,16H2,1H3. The van der Waals surface area contributed by atoms with Crippen molar-refractivity contribution in [2.75, 3.05) is 0 Å². The Kier molecular flexibility index (Phi) is 4.33. The normalized spacial score (nSPS) is 10.4. The molecule has 0 unspecified atom stereocenters. The summed E-state index contributed by atoms with van der Waals surface area (Å²) in [6.45, 7) is 2.97. The van der Waals surface area contributed by atoms with Crippen LogP contribution >= 0.6 is 15.9 Å². The summed E-state index contributed by atoms with van der Waals surface area (Å²) in [5.74, 6) is 0.827. The molecule has 0 fully saturated rings. The Bertz CT molecular complexity index is 526. The van der Waals surface area contributed by atoms with Crippen LogP contribution in [0.15, 0.2) is 41.0 Å². The Labute approximate surface area is 115 Å². The minimum Gasteiger partial charge on any atom is -0.487 e. The van der Waals surface area contributed by atoms with Gasteiger partial charge < -0.3 is 10.5 Å². The monoisotopic (exact) mass is 306 g/mol. The number of aryl methyl sites for hydroxylation is 1. The van der Waals surface area contributed by atoms with Crippen molar-refractivity contribution in [3.8, 4) is 5.75 Å². The Hall–Kier alpha value is -1.39. The number of aromatic nitrogens is 1. The topological polar surface area (TPSA) is 48.1 Å². The number of halogens is 1. The van der Waals surface area contributed by atoms with E-state index in [0.717, 1.165) is 21.5 Å². The molecule has 94 valence electrons. The molecule has 0 amide bonds. The summed E-state index contributed by atoms with van der Waals surface area (Å²) in [4.78, 5) is 4.26. The van der Waals surface area contributed by atoms with Gasteiger partial charge in [0, 0.05) is 22.8 Å². The van der Waals surface area contributed by atoms with E-state index in [-0.39, 0.29) is 0 Å². The number of hydrogen-bond acceptors (Lipinski definition) is 3. The molecule has 2 aromatic rings. The Morgan fingerprint density at radius 1 is 1.28 bits per heavy atom. The minimum absolute atomic E-state index is 0.448. The predicted octanol–water partition coefficient (Wildman–Crippen LogP) is 3.19. The van der Waals surface area contributed by atoms with Crippen LogP contribution in [0.1, 0.15) is 16.8 Å². The van der Waals surface area contributed by atoms with Gasteiger partial charge in [-0.2, -0.15) is 0 Å². The highest BCUT2D eigenvalue weighted by atomic mass is 79.9. The van der Waals surface area contributed by atoms with Crippen molar-refractivity contribution in [3.05, 3.63) is 57.8 Å². The van der Waals surface area contributed by atoms with Crippen molar-refractivity contribution < 1.29 is 4.74 Å². The van der Waals surface area contributed by atoms with Crippen LogP contribution in [0.5, 0.6) is 5.75 Å². The van der Waals surface area contributed by atoms with Crippen LogP contribution in [0.25, 0.3) is 0 Å². The number of hydrogen-bond donors (Lipinski definition) is 1. The summed E-state index contributed by atoms with van der Waals surface area (Å²) in [5.41, 5.74) is 8.80. The minimum atomic E-state index is 0.448. The van der Waals surface area contributed by atoms with E-state index >= 15 is 0 Å². The van der Waals surface area contributed by atoms with Crippen molar-refractivity contribution in [1.82, 2.24) is 4.98 Å². The molecule has 18 heavy (non-hydrogen) atoms. The maximum Gasteiger partial charge on any atom is 0.130 e. The lowest BCUT2D eigenvalue weighted by Gasteiger charge is -2.10. The second-order valence-corrected chi connectivity index (χ2v) is 4.99. The molecule has 1 aromatic carbocycles. The molecule has 0 aliphatic carbocycles. The van der Waals surface area contributed by atoms with Crippen LogP contribution in [-0.4, -0.2) is 4.98 Å². The number of ether oxygens (including phenoxy) is 1.